The van der Waals surface area contributed by atoms with E-state index in [1.165, 1.54) is 11.1 Å². The van der Waals surface area contributed by atoms with Crippen LogP contribution in [0.4, 0.5) is 22.1 Å². The van der Waals surface area contributed by atoms with E-state index in [0.717, 1.165) is 30.4 Å². The van der Waals surface area contributed by atoms with Gasteiger partial charge in [-0.1, -0.05) is 12.1 Å². The molecule has 1 amide bonds. The van der Waals surface area contributed by atoms with Gasteiger partial charge in [0.1, 0.15) is 18.0 Å². The Hall–Kier alpha value is -2.83. The number of aryl methyl sites for hydroxylation is 1. The third-order valence-corrected chi connectivity index (χ3v) is 4.65. The van der Waals surface area contributed by atoms with Gasteiger partial charge in [0, 0.05) is 37.9 Å². The van der Waals surface area contributed by atoms with Gasteiger partial charge in [0.2, 0.25) is 0 Å². The highest BCUT2D eigenvalue weighted by Gasteiger charge is 2.22. The molecule has 0 spiro atoms. The molecular formula is C19H25N5O2. The molecule has 0 saturated carbocycles. The van der Waals surface area contributed by atoms with Crippen LogP contribution in [-0.4, -0.2) is 53.7 Å². The third-order valence-electron chi connectivity index (χ3n) is 4.65. The molecule has 1 saturated heterocycles. The summed E-state index contributed by atoms with van der Waals surface area (Å²) in [4.78, 5) is 24.4. The van der Waals surface area contributed by atoms with Crippen LogP contribution in [0.3, 0.4) is 0 Å². The van der Waals surface area contributed by atoms with Crippen molar-refractivity contribution in [3.63, 3.8) is 0 Å². The maximum absolute atomic E-state index is 11.8. The van der Waals surface area contributed by atoms with E-state index in [1.807, 2.05) is 25.1 Å². The van der Waals surface area contributed by atoms with Crippen molar-refractivity contribution in [1.29, 1.82) is 0 Å². The average molecular weight is 355 g/mol. The fraction of sp³-hybridized carbons (Fsp3) is 0.421. The first-order valence-electron chi connectivity index (χ1n) is 8.90. The molecule has 7 heteroatoms. The lowest BCUT2D eigenvalue weighted by Gasteiger charge is -2.34. The zero-order chi connectivity index (χ0) is 18.5. The van der Waals surface area contributed by atoms with Gasteiger partial charge in [-0.3, -0.25) is 0 Å². The number of benzene rings is 1. The predicted octanol–water partition coefficient (Wildman–Crippen LogP) is 3.12. The number of nitrogens with one attached hydrogen (secondary N) is 1. The number of piperazine rings is 1. The number of carbonyl (C=O) groups is 1. The molecule has 3 rings (SSSR count). The molecular weight excluding hydrogens is 330 g/mol. The fourth-order valence-corrected chi connectivity index (χ4v) is 2.95. The van der Waals surface area contributed by atoms with Gasteiger partial charge in [-0.15, -0.1) is 0 Å². The Morgan fingerprint density at radius 2 is 1.96 bits per heavy atom. The molecule has 2 aromatic rings. The standard InChI is InChI=1S/C19H25N5O2/c1-4-26-19(25)24-10-8-23(9-11-24)18-12-17(20-13-21-18)22-16-7-5-6-14(2)15(16)3/h5-7,12-13H,4,8-11H2,1-3H3,(H,20,21,22). The smallest absolute Gasteiger partial charge is 0.409 e. The second kappa shape index (κ2) is 8.03. The van der Waals surface area contributed by atoms with Crippen molar-refractivity contribution in [2.75, 3.05) is 43.0 Å². The van der Waals surface area contributed by atoms with Crippen molar-refractivity contribution < 1.29 is 9.53 Å². The largest absolute Gasteiger partial charge is 0.450 e. The SMILES string of the molecule is CCOC(=O)N1CCN(c2cc(Nc3cccc(C)c3C)ncn2)CC1. The second-order valence-corrected chi connectivity index (χ2v) is 6.31. The van der Waals surface area contributed by atoms with Crippen molar-refractivity contribution in [3.05, 3.63) is 41.7 Å². The Kier molecular flexibility index (Phi) is 5.55. The van der Waals surface area contributed by atoms with E-state index in [9.17, 15) is 4.79 Å². The van der Waals surface area contributed by atoms with E-state index < -0.39 is 0 Å². The van der Waals surface area contributed by atoms with Gasteiger partial charge in [-0.25, -0.2) is 14.8 Å². The van der Waals surface area contributed by atoms with Crippen LogP contribution in [0.2, 0.25) is 0 Å². The van der Waals surface area contributed by atoms with Crippen LogP contribution >= 0.6 is 0 Å². The molecule has 1 aliphatic rings. The Morgan fingerprint density at radius 1 is 1.19 bits per heavy atom. The zero-order valence-electron chi connectivity index (χ0n) is 15.5. The van der Waals surface area contributed by atoms with E-state index in [2.05, 4.69) is 40.1 Å². The number of aromatic nitrogens is 2. The first kappa shape index (κ1) is 18.0. The number of nitrogens with zero attached hydrogens (tertiary/aromatic N) is 4. The van der Waals surface area contributed by atoms with Crippen molar-refractivity contribution in [2.45, 2.75) is 20.8 Å². The summed E-state index contributed by atoms with van der Waals surface area (Å²) in [6.07, 6.45) is 1.33. The quantitative estimate of drug-likeness (QED) is 0.909. The highest BCUT2D eigenvalue weighted by molar-refractivity contribution is 5.68. The Morgan fingerprint density at radius 3 is 2.69 bits per heavy atom. The minimum Gasteiger partial charge on any atom is -0.450 e. The summed E-state index contributed by atoms with van der Waals surface area (Å²) < 4.78 is 5.06. The molecule has 1 N–H and O–H groups in total. The fourth-order valence-electron chi connectivity index (χ4n) is 2.95. The number of hydrogen-bond acceptors (Lipinski definition) is 6. The van der Waals surface area contributed by atoms with E-state index in [0.29, 0.717) is 19.7 Å². The van der Waals surface area contributed by atoms with E-state index in [1.54, 1.807) is 11.2 Å². The van der Waals surface area contributed by atoms with Gasteiger partial charge in [-0.05, 0) is 38.0 Å². The maximum atomic E-state index is 11.8. The van der Waals surface area contributed by atoms with Crippen LogP contribution in [-0.2, 0) is 4.74 Å². The first-order chi connectivity index (χ1) is 12.6. The van der Waals surface area contributed by atoms with Crippen molar-refractivity contribution in [1.82, 2.24) is 14.9 Å². The van der Waals surface area contributed by atoms with E-state index >= 15 is 0 Å². The Bertz CT molecular complexity index is 772. The van der Waals surface area contributed by atoms with E-state index in [-0.39, 0.29) is 6.09 Å². The highest BCUT2D eigenvalue weighted by atomic mass is 16.6. The normalized spacial score (nSPS) is 14.3. The average Bonchev–Trinajstić information content (AvgIpc) is 2.66. The summed E-state index contributed by atoms with van der Waals surface area (Å²) in [5.41, 5.74) is 3.48. The Balaban J connectivity index is 1.67. The van der Waals surface area contributed by atoms with Gasteiger partial charge in [0.25, 0.3) is 0 Å². The molecule has 2 heterocycles. The van der Waals surface area contributed by atoms with Gasteiger partial charge in [-0.2, -0.15) is 0 Å². The summed E-state index contributed by atoms with van der Waals surface area (Å²) in [5.74, 6) is 1.62. The van der Waals surface area contributed by atoms with Crippen LogP contribution in [0.1, 0.15) is 18.1 Å². The number of amides is 1. The number of rotatable bonds is 4. The minimum atomic E-state index is -0.243. The number of ether oxygens (including phenoxy) is 1. The molecule has 1 aliphatic heterocycles. The van der Waals surface area contributed by atoms with Crippen molar-refractivity contribution in [2.24, 2.45) is 0 Å². The molecule has 0 bridgehead atoms. The number of hydrogen-bond donors (Lipinski definition) is 1. The summed E-state index contributed by atoms with van der Waals surface area (Å²) in [6, 6.07) is 8.11. The second-order valence-electron chi connectivity index (χ2n) is 6.31. The summed E-state index contributed by atoms with van der Waals surface area (Å²) in [6.45, 7) is 9.10. The highest BCUT2D eigenvalue weighted by Crippen LogP contribution is 2.23. The summed E-state index contributed by atoms with van der Waals surface area (Å²) >= 11 is 0. The maximum Gasteiger partial charge on any atom is 0.409 e. The molecule has 1 fully saturated rings. The van der Waals surface area contributed by atoms with Gasteiger partial charge in [0.15, 0.2) is 0 Å². The lowest BCUT2D eigenvalue weighted by molar-refractivity contribution is 0.105. The molecule has 1 aromatic carbocycles. The molecule has 0 unspecified atom stereocenters. The predicted molar refractivity (Wildman–Crippen MR) is 102 cm³/mol. The third kappa shape index (κ3) is 4.04. The van der Waals surface area contributed by atoms with Crippen LogP contribution in [0.15, 0.2) is 30.6 Å². The molecule has 0 atom stereocenters. The molecule has 138 valence electrons. The number of anilines is 3. The topological polar surface area (TPSA) is 70.6 Å². The molecule has 0 radical (unpaired) electrons. The van der Waals surface area contributed by atoms with Crippen molar-refractivity contribution >= 4 is 23.4 Å². The van der Waals surface area contributed by atoms with E-state index in [4.69, 9.17) is 4.74 Å². The van der Waals surface area contributed by atoms with Crippen LogP contribution in [0.25, 0.3) is 0 Å². The summed E-state index contributed by atoms with van der Waals surface area (Å²) in [7, 11) is 0. The zero-order valence-corrected chi connectivity index (χ0v) is 15.5. The van der Waals surface area contributed by atoms with Crippen LogP contribution < -0.4 is 10.2 Å². The van der Waals surface area contributed by atoms with Crippen molar-refractivity contribution in [3.8, 4) is 0 Å². The molecule has 1 aromatic heterocycles. The first-order valence-corrected chi connectivity index (χ1v) is 8.90. The molecule has 7 nitrogen and oxygen atoms in total. The minimum absolute atomic E-state index is 0.243. The van der Waals surface area contributed by atoms with Gasteiger partial charge in [0.05, 0.1) is 6.61 Å². The Labute approximate surface area is 154 Å². The lowest BCUT2D eigenvalue weighted by Crippen LogP contribution is -2.49. The van der Waals surface area contributed by atoms with Gasteiger partial charge >= 0.3 is 6.09 Å². The monoisotopic (exact) mass is 355 g/mol. The number of carbonyl (C=O) groups excluding carboxylic acids is 1. The molecule has 26 heavy (non-hydrogen) atoms. The molecule has 0 aliphatic carbocycles. The summed E-state index contributed by atoms with van der Waals surface area (Å²) in [5, 5.41) is 3.37. The van der Waals surface area contributed by atoms with Crippen LogP contribution in [0.5, 0.6) is 0 Å². The lowest BCUT2D eigenvalue weighted by atomic mass is 10.1. The van der Waals surface area contributed by atoms with Gasteiger partial charge < -0.3 is 19.9 Å². The van der Waals surface area contributed by atoms with Crippen LogP contribution in [0, 0.1) is 13.8 Å².